The summed E-state index contributed by atoms with van der Waals surface area (Å²) in [5.74, 6) is 2.25. The van der Waals surface area contributed by atoms with E-state index >= 15 is 0 Å². The Bertz CT molecular complexity index is 1250. The molecule has 2 aromatic heterocycles. The Morgan fingerprint density at radius 3 is 2.79 bits per heavy atom. The minimum atomic E-state index is 0.346. The molecule has 0 bridgehead atoms. The Morgan fingerprint density at radius 2 is 2.04 bits per heavy atom. The van der Waals surface area contributed by atoms with Crippen LogP contribution in [0.25, 0.3) is 34.0 Å². The Balaban J connectivity index is 1.69. The number of nitriles is 1. The van der Waals surface area contributed by atoms with E-state index in [0.717, 1.165) is 16.6 Å². The zero-order valence-corrected chi connectivity index (χ0v) is 16.2. The summed E-state index contributed by atoms with van der Waals surface area (Å²) in [5, 5.41) is 10.6. The molecule has 0 fully saturated rings. The quantitative estimate of drug-likeness (QED) is 0.407. The van der Waals surface area contributed by atoms with Crippen molar-refractivity contribution in [2.75, 3.05) is 7.11 Å². The van der Waals surface area contributed by atoms with E-state index in [1.54, 1.807) is 43.5 Å². The number of hydrogen-bond donors (Lipinski definition) is 1. The lowest BCUT2D eigenvalue weighted by Gasteiger charge is -2.00. The van der Waals surface area contributed by atoms with Gasteiger partial charge < -0.3 is 14.1 Å². The molecule has 5 nitrogen and oxygen atoms in total. The normalized spacial score (nSPS) is 11.6. The van der Waals surface area contributed by atoms with Gasteiger partial charge in [-0.15, -0.1) is 0 Å². The predicted molar refractivity (Wildman–Crippen MR) is 110 cm³/mol. The molecule has 0 spiro atoms. The van der Waals surface area contributed by atoms with Gasteiger partial charge in [0.2, 0.25) is 0 Å². The number of nitrogens with zero attached hydrogens (tertiary/aromatic N) is 2. The van der Waals surface area contributed by atoms with Crippen LogP contribution in [0.5, 0.6) is 5.75 Å². The van der Waals surface area contributed by atoms with E-state index in [0.29, 0.717) is 38.7 Å². The maximum atomic E-state index is 9.58. The largest absolute Gasteiger partial charge is 0.497 e. The van der Waals surface area contributed by atoms with Crippen molar-refractivity contribution in [3.05, 3.63) is 70.2 Å². The van der Waals surface area contributed by atoms with Crippen LogP contribution in [0.1, 0.15) is 11.6 Å². The minimum absolute atomic E-state index is 0.346. The summed E-state index contributed by atoms with van der Waals surface area (Å²) in [5.41, 5.74) is 2.59. The molecule has 2 aromatic carbocycles. The highest BCUT2D eigenvalue weighted by Gasteiger charge is 2.12. The van der Waals surface area contributed by atoms with Crippen molar-refractivity contribution in [3.8, 4) is 23.1 Å². The first-order chi connectivity index (χ1) is 13.6. The number of rotatable bonds is 4. The Kier molecular flexibility index (Phi) is 4.82. The predicted octanol–water partition coefficient (Wildman–Crippen LogP) is 6.20. The van der Waals surface area contributed by atoms with Crippen LogP contribution in [0.3, 0.4) is 0 Å². The first-order valence-electron chi connectivity index (χ1n) is 8.28. The number of hydrogen-bond acceptors (Lipinski definition) is 4. The Morgan fingerprint density at radius 1 is 1.18 bits per heavy atom. The van der Waals surface area contributed by atoms with Crippen LogP contribution in [0.2, 0.25) is 10.0 Å². The number of methoxy groups -OCH3 is 1. The van der Waals surface area contributed by atoms with E-state index in [2.05, 4.69) is 16.0 Å². The summed E-state index contributed by atoms with van der Waals surface area (Å²) in [6.45, 7) is 0. The molecule has 0 amide bonds. The molecule has 4 rings (SSSR count). The van der Waals surface area contributed by atoms with Gasteiger partial charge in [0.05, 0.1) is 28.7 Å². The van der Waals surface area contributed by atoms with Crippen LogP contribution in [0, 0.1) is 11.3 Å². The van der Waals surface area contributed by atoms with Crippen molar-refractivity contribution in [1.82, 2.24) is 9.97 Å². The molecule has 0 saturated carbocycles. The number of halogens is 2. The van der Waals surface area contributed by atoms with Gasteiger partial charge in [-0.2, -0.15) is 5.26 Å². The van der Waals surface area contributed by atoms with Crippen LogP contribution < -0.4 is 4.74 Å². The zero-order chi connectivity index (χ0) is 19.7. The molecular weight excluding hydrogens is 397 g/mol. The zero-order valence-electron chi connectivity index (χ0n) is 14.7. The smallest absolute Gasteiger partial charge is 0.149 e. The fourth-order valence-corrected chi connectivity index (χ4v) is 3.31. The first kappa shape index (κ1) is 18.2. The van der Waals surface area contributed by atoms with Gasteiger partial charge in [0, 0.05) is 22.7 Å². The molecule has 0 aliphatic carbocycles. The Hall–Kier alpha value is -3.20. The molecule has 0 atom stereocenters. The van der Waals surface area contributed by atoms with Crippen LogP contribution in [0.4, 0.5) is 0 Å². The van der Waals surface area contributed by atoms with E-state index in [4.69, 9.17) is 32.4 Å². The van der Waals surface area contributed by atoms with Gasteiger partial charge in [0.25, 0.3) is 0 Å². The number of H-pyrrole nitrogens is 1. The summed E-state index contributed by atoms with van der Waals surface area (Å²) in [6.07, 6.45) is 1.63. The highest BCUT2D eigenvalue weighted by Crippen LogP contribution is 2.32. The molecule has 2 heterocycles. The highest BCUT2D eigenvalue weighted by atomic mass is 35.5. The highest BCUT2D eigenvalue weighted by molar-refractivity contribution is 6.36. The lowest BCUT2D eigenvalue weighted by molar-refractivity contribution is 0.415. The molecule has 0 aliphatic rings. The third-order valence-corrected chi connectivity index (χ3v) is 4.72. The standard InChI is InChI=1S/C21H13Cl2N3O2/c1-27-14-3-6-18-19(10-14)26-21(25-18)12(11-24)8-15-4-7-20(28-15)16-5-2-13(22)9-17(16)23/h2-10H,1H3,(H,25,26). The van der Waals surface area contributed by atoms with Crippen molar-refractivity contribution in [2.24, 2.45) is 0 Å². The third kappa shape index (κ3) is 3.48. The molecule has 7 heteroatoms. The summed E-state index contributed by atoms with van der Waals surface area (Å²) >= 11 is 12.2. The maximum Gasteiger partial charge on any atom is 0.149 e. The molecule has 28 heavy (non-hydrogen) atoms. The molecule has 0 unspecified atom stereocenters. The van der Waals surface area contributed by atoms with Crippen molar-refractivity contribution in [1.29, 1.82) is 5.26 Å². The molecule has 0 saturated heterocycles. The fraction of sp³-hybridized carbons (Fsp3) is 0.0476. The maximum absolute atomic E-state index is 9.58. The molecule has 0 radical (unpaired) electrons. The van der Waals surface area contributed by atoms with Gasteiger partial charge in [-0.05, 0) is 42.5 Å². The number of fused-ring (bicyclic) bond motifs is 1. The number of allylic oxidation sites excluding steroid dienone is 1. The SMILES string of the molecule is COc1ccc2nc(C(C#N)=Cc3ccc(-c4ccc(Cl)cc4Cl)o3)[nH]c2c1. The van der Waals surface area contributed by atoms with E-state index in [1.807, 2.05) is 18.2 Å². The van der Waals surface area contributed by atoms with Crippen LogP contribution in [-0.4, -0.2) is 17.1 Å². The van der Waals surface area contributed by atoms with Gasteiger partial charge >= 0.3 is 0 Å². The lowest BCUT2D eigenvalue weighted by atomic mass is 10.2. The topological polar surface area (TPSA) is 74.8 Å². The fourth-order valence-electron chi connectivity index (χ4n) is 2.80. The number of furan rings is 1. The number of aromatic amines is 1. The van der Waals surface area contributed by atoms with E-state index < -0.39 is 0 Å². The summed E-state index contributed by atoms with van der Waals surface area (Å²) < 4.78 is 11.1. The van der Waals surface area contributed by atoms with Crippen LogP contribution in [0.15, 0.2) is 52.9 Å². The molecule has 0 aliphatic heterocycles. The van der Waals surface area contributed by atoms with Gasteiger partial charge in [0.15, 0.2) is 0 Å². The van der Waals surface area contributed by atoms with Crippen LogP contribution in [-0.2, 0) is 0 Å². The Labute approximate surface area is 170 Å². The lowest BCUT2D eigenvalue weighted by Crippen LogP contribution is -1.84. The second-order valence-corrected chi connectivity index (χ2v) is 6.81. The van der Waals surface area contributed by atoms with Crippen LogP contribution >= 0.6 is 23.2 Å². The molecule has 1 N–H and O–H groups in total. The van der Waals surface area contributed by atoms with Gasteiger partial charge in [-0.25, -0.2) is 4.98 Å². The minimum Gasteiger partial charge on any atom is -0.497 e. The first-order valence-corrected chi connectivity index (χ1v) is 9.04. The number of nitrogens with one attached hydrogen (secondary N) is 1. The van der Waals surface area contributed by atoms with Gasteiger partial charge in [-0.3, -0.25) is 0 Å². The second-order valence-electron chi connectivity index (χ2n) is 5.96. The molecular formula is C21H13Cl2N3O2. The molecule has 4 aromatic rings. The number of aromatic nitrogens is 2. The summed E-state index contributed by atoms with van der Waals surface area (Å²) in [6, 6.07) is 16.4. The number of benzene rings is 2. The van der Waals surface area contributed by atoms with Crippen molar-refractivity contribution < 1.29 is 9.15 Å². The number of imidazole rings is 1. The number of ether oxygens (including phenoxy) is 1. The average Bonchev–Trinajstić information content (AvgIpc) is 3.32. The monoisotopic (exact) mass is 409 g/mol. The summed E-state index contributed by atoms with van der Waals surface area (Å²) in [7, 11) is 1.60. The van der Waals surface area contributed by atoms with Crippen molar-refractivity contribution in [3.63, 3.8) is 0 Å². The van der Waals surface area contributed by atoms with E-state index in [-0.39, 0.29) is 0 Å². The third-order valence-electron chi connectivity index (χ3n) is 4.17. The van der Waals surface area contributed by atoms with E-state index in [1.165, 1.54) is 0 Å². The second kappa shape index (κ2) is 7.43. The van der Waals surface area contributed by atoms with E-state index in [9.17, 15) is 5.26 Å². The van der Waals surface area contributed by atoms with Gasteiger partial charge in [0.1, 0.15) is 29.2 Å². The average molecular weight is 410 g/mol. The summed E-state index contributed by atoms with van der Waals surface area (Å²) in [4.78, 5) is 7.60. The van der Waals surface area contributed by atoms with Gasteiger partial charge in [-0.1, -0.05) is 23.2 Å². The van der Waals surface area contributed by atoms with Crippen molar-refractivity contribution in [2.45, 2.75) is 0 Å². The van der Waals surface area contributed by atoms with Crippen molar-refractivity contribution >= 4 is 45.9 Å². The molecule has 138 valence electrons.